The van der Waals surface area contributed by atoms with Crippen LogP contribution in [0.1, 0.15) is 39.5 Å². The van der Waals surface area contributed by atoms with Crippen molar-refractivity contribution < 1.29 is 0 Å². The second-order valence-electron chi connectivity index (χ2n) is 4.39. The topological polar surface area (TPSA) is 0 Å². The van der Waals surface area contributed by atoms with Gasteiger partial charge in [0, 0.05) is 0 Å². The van der Waals surface area contributed by atoms with Gasteiger partial charge in [0.05, 0.1) is 8.80 Å². The molecule has 1 heteroatoms. The smallest absolute Gasteiger partial charge is 0.0654 e. The zero-order valence-electron chi connectivity index (χ0n) is 10.2. The van der Waals surface area contributed by atoms with Crippen molar-refractivity contribution in [1.29, 1.82) is 0 Å². The summed E-state index contributed by atoms with van der Waals surface area (Å²) in [5.74, 6) is 0. The lowest BCUT2D eigenvalue weighted by Crippen LogP contribution is -2.29. The van der Waals surface area contributed by atoms with E-state index in [9.17, 15) is 0 Å². The average molecular weight is 220 g/mol. The Morgan fingerprint density at radius 2 is 1.40 bits per heavy atom. The highest BCUT2D eigenvalue weighted by molar-refractivity contribution is 6.73. The molecule has 0 saturated heterocycles. The quantitative estimate of drug-likeness (QED) is 0.614. The van der Waals surface area contributed by atoms with Crippen LogP contribution < -0.4 is 5.19 Å². The van der Waals surface area contributed by atoms with E-state index in [0.717, 1.165) is 0 Å². The third-order valence-electron chi connectivity index (χ3n) is 3.08. The third kappa shape index (κ3) is 4.65. The summed E-state index contributed by atoms with van der Waals surface area (Å²) in [6.45, 7) is 4.60. The number of benzene rings is 1. The molecular weight excluding hydrogens is 196 g/mol. The number of rotatable bonds is 7. The van der Waals surface area contributed by atoms with Gasteiger partial charge in [-0.25, -0.2) is 0 Å². The average Bonchev–Trinajstić information content (AvgIpc) is 2.30. The molecule has 0 bridgehead atoms. The number of hydrogen-bond acceptors (Lipinski definition) is 0. The molecule has 0 aliphatic heterocycles. The molecular formula is C14H24Si. The molecule has 1 aromatic carbocycles. The summed E-state index contributed by atoms with van der Waals surface area (Å²) in [7, 11) is -0.627. The summed E-state index contributed by atoms with van der Waals surface area (Å²) in [5.41, 5.74) is 0. The van der Waals surface area contributed by atoms with Crippen LogP contribution in [0.2, 0.25) is 12.1 Å². The largest absolute Gasteiger partial charge is 0.0708 e. The van der Waals surface area contributed by atoms with Crippen LogP contribution >= 0.6 is 0 Å². The fourth-order valence-electron chi connectivity index (χ4n) is 2.10. The fourth-order valence-corrected chi connectivity index (χ4v) is 5.63. The van der Waals surface area contributed by atoms with Gasteiger partial charge in [-0.2, -0.15) is 0 Å². The van der Waals surface area contributed by atoms with Crippen LogP contribution in [0.3, 0.4) is 0 Å². The summed E-state index contributed by atoms with van der Waals surface area (Å²) >= 11 is 0. The van der Waals surface area contributed by atoms with Crippen molar-refractivity contribution in [1.82, 2.24) is 0 Å². The van der Waals surface area contributed by atoms with Crippen LogP contribution in [-0.4, -0.2) is 8.80 Å². The Bertz CT molecular complexity index is 235. The van der Waals surface area contributed by atoms with Gasteiger partial charge in [0.15, 0.2) is 0 Å². The van der Waals surface area contributed by atoms with Gasteiger partial charge in [-0.3, -0.25) is 0 Å². The van der Waals surface area contributed by atoms with Gasteiger partial charge in [0.2, 0.25) is 0 Å². The molecule has 0 saturated carbocycles. The molecule has 1 aromatic rings. The van der Waals surface area contributed by atoms with Crippen molar-refractivity contribution in [2.24, 2.45) is 0 Å². The summed E-state index contributed by atoms with van der Waals surface area (Å²) in [6.07, 6.45) is 5.55. The Labute approximate surface area is 96.3 Å². The maximum atomic E-state index is 2.35. The fraction of sp³-hybridized carbons (Fsp3) is 0.571. The SMILES string of the molecule is CCCC[SiH](CCCC)c1ccccc1. The van der Waals surface area contributed by atoms with Gasteiger partial charge >= 0.3 is 0 Å². The van der Waals surface area contributed by atoms with Crippen LogP contribution in [0.4, 0.5) is 0 Å². The molecule has 84 valence electrons. The van der Waals surface area contributed by atoms with Gasteiger partial charge < -0.3 is 0 Å². The monoisotopic (exact) mass is 220 g/mol. The minimum atomic E-state index is -0.627. The molecule has 0 atom stereocenters. The van der Waals surface area contributed by atoms with Crippen LogP contribution in [0, 0.1) is 0 Å². The summed E-state index contributed by atoms with van der Waals surface area (Å²) < 4.78 is 0. The lowest BCUT2D eigenvalue weighted by Gasteiger charge is -2.14. The molecule has 0 spiro atoms. The molecule has 0 unspecified atom stereocenters. The molecule has 1 rings (SSSR count). The van der Waals surface area contributed by atoms with E-state index in [1.807, 2.05) is 0 Å². The minimum absolute atomic E-state index is 0.627. The molecule has 0 N–H and O–H groups in total. The van der Waals surface area contributed by atoms with Gasteiger partial charge in [-0.1, -0.05) is 87.1 Å². The first-order valence-electron chi connectivity index (χ1n) is 6.43. The predicted octanol–water partition coefficient (Wildman–Crippen LogP) is 3.72. The first kappa shape index (κ1) is 12.5. The van der Waals surface area contributed by atoms with E-state index in [4.69, 9.17) is 0 Å². The Kier molecular flexibility index (Phi) is 6.41. The third-order valence-corrected chi connectivity index (χ3v) is 6.62. The second-order valence-corrected chi connectivity index (χ2v) is 7.61. The Hall–Kier alpha value is -0.563. The van der Waals surface area contributed by atoms with Crippen molar-refractivity contribution in [3.63, 3.8) is 0 Å². The van der Waals surface area contributed by atoms with Crippen LogP contribution in [0.5, 0.6) is 0 Å². The van der Waals surface area contributed by atoms with E-state index in [1.165, 1.54) is 37.8 Å². The zero-order chi connectivity index (χ0) is 10.9. The van der Waals surface area contributed by atoms with Gasteiger partial charge in [-0.05, 0) is 0 Å². The highest BCUT2D eigenvalue weighted by Crippen LogP contribution is 2.10. The minimum Gasteiger partial charge on any atom is -0.0654 e. The molecule has 0 aliphatic rings. The standard InChI is InChI=1S/C14H24Si/c1-3-5-12-15(13-6-4-2)14-10-8-7-9-11-14/h7-11,15H,3-6,12-13H2,1-2H3. The lowest BCUT2D eigenvalue weighted by atomic mass is 10.4. The zero-order valence-corrected chi connectivity index (χ0v) is 11.4. The van der Waals surface area contributed by atoms with Crippen molar-refractivity contribution in [3.8, 4) is 0 Å². The first-order chi connectivity index (χ1) is 7.38. The van der Waals surface area contributed by atoms with Crippen LogP contribution in [0.25, 0.3) is 0 Å². The molecule has 0 heterocycles. The van der Waals surface area contributed by atoms with E-state index >= 15 is 0 Å². The number of hydrogen-bond donors (Lipinski definition) is 0. The maximum Gasteiger partial charge on any atom is 0.0708 e. The summed E-state index contributed by atoms with van der Waals surface area (Å²) in [4.78, 5) is 0. The normalized spacial score (nSPS) is 10.9. The van der Waals surface area contributed by atoms with Crippen LogP contribution in [0.15, 0.2) is 30.3 Å². The summed E-state index contributed by atoms with van der Waals surface area (Å²) in [6, 6.07) is 14.2. The van der Waals surface area contributed by atoms with Crippen molar-refractivity contribution >= 4 is 14.0 Å². The second kappa shape index (κ2) is 7.69. The lowest BCUT2D eigenvalue weighted by molar-refractivity contribution is 0.845. The first-order valence-corrected chi connectivity index (χ1v) is 8.64. The van der Waals surface area contributed by atoms with Crippen molar-refractivity contribution in [3.05, 3.63) is 30.3 Å². The van der Waals surface area contributed by atoms with Gasteiger partial charge in [-0.15, -0.1) is 0 Å². The highest BCUT2D eigenvalue weighted by atomic mass is 28.3. The van der Waals surface area contributed by atoms with Crippen molar-refractivity contribution in [2.75, 3.05) is 0 Å². The Morgan fingerprint density at radius 1 is 0.867 bits per heavy atom. The van der Waals surface area contributed by atoms with E-state index in [2.05, 4.69) is 44.2 Å². The molecule has 0 nitrogen and oxygen atoms in total. The molecule has 0 fully saturated rings. The van der Waals surface area contributed by atoms with E-state index in [0.29, 0.717) is 0 Å². The van der Waals surface area contributed by atoms with Gasteiger partial charge in [0.25, 0.3) is 0 Å². The van der Waals surface area contributed by atoms with Crippen LogP contribution in [-0.2, 0) is 0 Å². The predicted molar refractivity (Wildman–Crippen MR) is 72.7 cm³/mol. The molecule has 0 aliphatic carbocycles. The van der Waals surface area contributed by atoms with Gasteiger partial charge in [0.1, 0.15) is 0 Å². The van der Waals surface area contributed by atoms with E-state index in [-0.39, 0.29) is 0 Å². The maximum absolute atomic E-state index is 2.35. The molecule has 0 aromatic heterocycles. The van der Waals surface area contributed by atoms with E-state index in [1.54, 1.807) is 5.19 Å². The van der Waals surface area contributed by atoms with Crippen molar-refractivity contribution in [2.45, 2.75) is 51.6 Å². The highest BCUT2D eigenvalue weighted by Gasteiger charge is 2.11. The Balaban J connectivity index is 2.55. The number of unbranched alkanes of at least 4 members (excludes halogenated alkanes) is 2. The molecule has 0 amide bonds. The Morgan fingerprint density at radius 3 is 1.87 bits per heavy atom. The summed E-state index contributed by atoms with van der Waals surface area (Å²) in [5, 5.41) is 1.68. The van der Waals surface area contributed by atoms with E-state index < -0.39 is 8.80 Å². The molecule has 15 heavy (non-hydrogen) atoms. The molecule has 0 radical (unpaired) electrons.